The maximum absolute atomic E-state index is 10.4. The number of hydrogen-bond donors (Lipinski definition) is 1. The molecule has 0 bridgehead atoms. The lowest BCUT2D eigenvalue weighted by atomic mass is 10.3. The molecule has 0 amide bonds. The van der Waals surface area contributed by atoms with Crippen molar-refractivity contribution in [2.45, 2.75) is 46.0 Å². The van der Waals surface area contributed by atoms with Crippen LogP contribution in [0.15, 0.2) is 5.29 Å². The van der Waals surface area contributed by atoms with Crippen molar-refractivity contribution < 1.29 is 0 Å². The molecule has 0 aromatic heterocycles. The third-order valence-electron chi connectivity index (χ3n) is 2.36. The van der Waals surface area contributed by atoms with E-state index in [2.05, 4.69) is 24.5 Å². The summed E-state index contributed by atoms with van der Waals surface area (Å²) < 4.78 is 0. The molecule has 0 aliphatic rings. The molecule has 0 heterocycles. The summed E-state index contributed by atoms with van der Waals surface area (Å²) in [7, 11) is 0. The average Bonchev–Trinajstić information content (AvgIpc) is 2.27. The summed E-state index contributed by atoms with van der Waals surface area (Å²) in [6.07, 6.45) is 5.62. The summed E-state index contributed by atoms with van der Waals surface area (Å²) in [5.74, 6) is 0. The number of hydrogen-bond acceptors (Lipinski definition) is 3. The van der Waals surface area contributed by atoms with Gasteiger partial charge in [-0.1, -0.05) is 26.7 Å². The van der Waals surface area contributed by atoms with Gasteiger partial charge in [0.15, 0.2) is 0 Å². The molecule has 90 valence electrons. The molecule has 0 saturated heterocycles. The van der Waals surface area contributed by atoms with Crippen molar-refractivity contribution >= 4 is 0 Å². The van der Waals surface area contributed by atoms with E-state index in [-0.39, 0.29) is 0 Å². The molecule has 0 rings (SSSR count). The van der Waals surface area contributed by atoms with Crippen LogP contribution in [0, 0.1) is 4.91 Å². The monoisotopic (exact) mass is 215 g/mol. The molecule has 4 nitrogen and oxygen atoms in total. The van der Waals surface area contributed by atoms with Gasteiger partial charge < -0.3 is 5.32 Å². The maximum atomic E-state index is 10.4. The molecule has 1 N–H and O–H groups in total. The van der Waals surface area contributed by atoms with Crippen LogP contribution >= 0.6 is 0 Å². The van der Waals surface area contributed by atoms with Gasteiger partial charge in [-0.05, 0) is 32.4 Å². The first kappa shape index (κ1) is 14.4. The van der Waals surface area contributed by atoms with Crippen LogP contribution in [0.2, 0.25) is 0 Å². The molecular weight excluding hydrogens is 190 g/mol. The Morgan fingerprint density at radius 1 is 1.00 bits per heavy atom. The Morgan fingerprint density at radius 3 is 2.20 bits per heavy atom. The van der Waals surface area contributed by atoms with Gasteiger partial charge in [0.1, 0.15) is 0 Å². The highest BCUT2D eigenvalue weighted by atomic mass is 16.3. The highest BCUT2D eigenvalue weighted by molar-refractivity contribution is 4.54. The first-order chi connectivity index (χ1) is 7.35. The lowest BCUT2D eigenvalue weighted by Crippen LogP contribution is -2.24. The van der Waals surface area contributed by atoms with Crippen molar-refractivity contribution in [2.75, 3.05) is 26.2 Å². The molecule has 15 heavy (non-hydrogen) atoms. The molecule has 0 aliphatic carbocycles. The summed E-state index contributed by atoms with van der Waals surface area (Å²) in [6.45, 7) is 7.95. The Morgan fingerprint density at radius 2 is 1.60 bits per heavy atom. The molecule has 0 aromatic rings. The summed E-state index contributed by atoms with van der Waals surface area (Å²) in [5, 5.41) is 8.00. The molecule has 0 aromatic carbocycles. The lowest BCUT2D eigenvalue weighted by molar-refractivity contribution is 0.274. The van der Waals surface area contributed by atoms with E-state index in [1.807, 2.05) is 0 Å². The Kier molecular flexibility index (Phi) is 10.9. The van der Waals surface area contributed by atoms with Crippen LogP contribution < -0.4 is 5.32 Å². The van der Waals surface area contributed by atoms with Gasteiger partial charge in [-0.25, -0.2) is 0 Å². The largest absolute Gasteiger partial charge is 0.317 e. The van der Waals surface area contributed by atoms with Gasteiger partial charge in [-0.3, -0.25) is 5.01 Å². The smallest absolute Gasteiger partial charge is 0.0523 e. The number of nitrogens with zero attached hydrogens (tertiary/aromatic N) is 2. The fraction of sp³-hybridized carbons (Fsp3) is 1.00. The van der Waals surface area contributed by atoms with E-state index in [0.29, 0.717) is 0 Å². The zero-order valence-corrected chi connectivity index (χ0v) is 10.2. The zero-order chi connectivity index (χ0) is 11.4. The molecule has 0 fully saturated rings. The molecule has 0 atom stereocenters. The summed E-state index contributed by atoms with van der Waals surface area (Å²) in [6, 6.07) is 0. The minimum atomic E-state index is 0.780. The molecule has 0 spiro atoms. The van der Waals surface area contributed by atoms with Crippen LogP contribution in [-0.2, 0) is 0 Å². The van der Waals surface area contributed by atoms with Gasteiger partial charge in [-0.2, -0.15) is 0 Å². The van der Waals surface area contributed by atoms with Crippen molar-refractivity contribution in [3.05, 3.63) is 4.91 Å². The minimum Gasteiger partial charge on any atom is -0.317 e. The second-order valence-electron chi connectivity index (χ2n) is 3.85. The van der Waals surface area contributed by atoms with Crippen LogP contribution in [0.5, 0.6) is 0 Å². The van der Waals surface area contributed by atoms with Crippen LogP contribution in [-0.4, -0.2) is 31.2 Å². The minimum absolute atomic E-state index is 0.780. The van der Waals surface area contributed by atoms with Crippen molar-refractivity contribution in [3.8, 4) is 0 Å². The number of nitrogens with one attached hydrogen (secondary N) is 1. The molecule has 4 heteroatoms. The van der Waals surface area contributed by atoms with Crippen molar-refractivity contribution in [2.24, 2.45) is 5.29 Å². The van der Waals surface area contributed by atoms with Gasteiger partial charge >= 0.3 is 0 Å². The predicted octanol–water partition coefficient (Wildman–Crippen LogP) is 2.55. The van der Waals surface area contributed by atoms with Gasteiger partial charge in [0.05, 0.1) is 5.29 Å². The Bertz CT molecular complexity index is 142. The molecule has 0 saturated carbocycles. The highest BCUT2D eigenvalue weighted by Gasteiger charge is 2.00. The van der Waals surface area contributed by atoms with Crippen molar-refractivity contribution in [1.29, 1.82) is 0 Å². The zero-order valence-electron chi connectivity index (χ0n) is 10.2. The van der Waals surface area contributed by atoms with Crippen molar-refractivity contribution in [3.63, 3.8) is 0 Å². The van der Waals surface area contributed by atoms with E-state index in [1.165, 1.54) is 12.8 Å². The fourth-order valence-electron chi connectivity index (χ4n) is 1.35. The average molecular weight is 215 g/mol. The number of unbranched alkanes of at least 4 members (excludes halogenated alkanes) is 2. The summed E-state index contributed by atoms with van der Waals surface area (Å²) in [5.41, 5.74) is 0. The molecular formula is C11H25N3O. The Hall–Kier alpha value is -0.640. The van der Waals surface area contributed by atoms with Gasteiger partial charge in [0.2, 0.25) is 0 Å². The third-order valence-corrected chi connectivity index (χ3v) is 2.36. The number of nitroso groups, excluding NO2 is 1. The second kappa shape index (κ2) is 11.4. The summed E-state index contributed by atoms with van der Waals surface area (Å²) in [4.78, 5) is 10.4. The van der Waals surface area contributed by atoms with Crippen LogP contribution in [0.3, 0.4) is 0 Å². The second-order valence-corrected chi connectivity index (χ2v) is 3.85. The third kappa shape index (κ3) is 9.66. The first-order valence-electron chi connectivity index (χ1n) is 6.14. The van der Waals surface area contributed by atoms with Gasteiger partial charge in [0.25, 0.3) is 0 Å². The first-order valence-corrected chi connectivity index (χ1v) is 6.14. The SMILES string of the molecule is CCCCNCCCN(CCCC)N=O. The van der Waals surface area contributed by atoms with Crippen LogP contribution in [0.1, 0.15) is 46.0 Å². The predicted molar refractivity (Wildman–Crippen MR) is 64.7 cm³/mol. The van der Waals surface area contributed by atoms with E-state index in [0.717, 1.165) is 45.4 Å². The topological polar surface area (TPSA) is 44.7 Å². The summed E-state index contributed by atoms with van der Waals surface area (Å²) >= 11 is 0. The molecule has 0 aliphatic heterocycles. The van der Waals surface area contributed by atoms with E-state index in [1.54, 1.807) is 5.01 Å². The van der Waals surface area contributed by atoms with E-state index >= 15 is 0 Å². The molecule has 0 radical (unpaired) electrons. The van der Waals surface area contributed by atoms with Crippen LogP contribution in [0.25, 0.3) is 0 Å². The Balaban J connectivity index is 3.26. The quantitative estimate of drug-likeness (QED) is 0.327. The fourth-order valence-corrected chi connectivity index (χ4v) is 1.35. The van der Waals surface area contributed by atoms with Crippen molar-refractivity contribution in [1.82, 2.24) is 10.3 Å². The van der Waals surface area contributed by atoms with E-state index < -0.39 is 0 Å². The standard InChI is InChI=1S/C11H25N3O/c1-3-5-8-12-9-7-11-14(13-15)10-6-4-2/h12H,3-11H2,1-2H3. The van der Waals surface area contributed by atoms with E-state index in [9.17, 15) is 4.91 Å². The van der Waals surface area contributed by atoms with Gasteiger partial charge in [-0.15, -0.1) is 4.91 Å². The molecule has 0 unspecified atom stereocenters. The number of rotatable bonds is 11. The van der Waals surface area contributed by atoms with Gasteiger partial charge in [0, 0.05) is 13.1 Å². The van der Waals surface area contributed by atoms with E-state index in [4.69, 9.17) is 0 Å². The maximum Gasteiger partial charge on any atom is 0.0523 e. The normalized spacial score (nSPS) is 10.3. The van der Waals surface area contributed by atoms with Crippen LogP contribution in [0.4, 0.5) is 0 Å². The highest BCUT2D eigenvalue weighted by Crippen LogP contribution is 1.96. The lowest BCUT2D eigenvalue weighted by Gasteiger charge is -2.14. The Labute approximate surface area is 93.4 Å².